The van der Waals surface area contributed by atoms with Crippen LogP contribution in [0, 0.1) is 0 Å². The van der Waals surface area contributed by atoms with E-state index < -0.39 is 6.04 Å². The fraction of sp³-hybridized carbons (Fsp3) is 0.240. The minimum Gasteiger partial charge on any atom is -0.349 e. The van der Waals surface area contributed by atoms with Gasteiger partial charge in [-0.05, 0) is 60.2 Å². The maximum Gasteiger partial charge on any atom is 0.255 e. The van der Waals surface area contributed by atoms with E-state index in [1.165, 1.54) is 11.1 Å². The van der Waals surface area contributed by atoms with Crippen molar-refractivity contribution in [2.75, 3.05) is 5.32 Å². The first-order chi connectivity index (χ1) is 15.1. The second-order valence-corrected chi connectivity index (χ2v) is 7.83. The lowest BCUT2D eigenvalue weighted by Crippen LogP contribution is -2.33. The van der Waals surface area contributed by atoms with Crippen molar-refractivity contribution in [1.29, 1.82) is 0 Å². The van der Waals surface area contributed by atoms with Gasteiger partial charge in [-0.25, -0.2) is 0 Å². The fourth-order valence-corrected chi connectivity index (χ4v) is 3.99. The number of nitrogens with one attached hydrogen (secondary N) is 2. The van der Waals surface area contributed by atoms with E-state index in [9.17, 15) is 9.59 Å². The summed E-state index contributed by atoms with van der Waals surface area (Å²) >= 11 is 0. The quantitative estimate of drug-likeness (QED) is 0.569. The second-order valence-electron chi connectivity index (χ2n) is 7.83. The molecule has 3 aromatic rings. The first kappa shape index (κ1) is 20.8. The number of hydrogen-bond donors (Lipinski definition) is 3. The van der Waals surface area contributed by atoms with Crippen LogP contribution in [0.2, 0.25) is 0 Å². The maximum atomic E-state index is 12.6. The number of anilines is 1. The van der Waals surface area contributed by atoms with Crippen LogP contribution in [0.3, 0.4) is 0 Å². The van der Waals surface area contributed by atoms with Gasteiger partial charge in [-0.2, -0.15) is 0 Å². The molecule has 1 heterocycles. The molecule has 158 valence electrons. The van der Waals surface area contributed by atoms with Gasteiger partial charge in [0, 0.05) is 36.1 Å². The van der Waals surface area contributed by atoms with Crippen LogP contribution in [0.4, 0.5) is 5.69 Å². The number of aryl methyl sites for hydroxylation is 1. The molecular formula is C25H26N4O2. The van der Waals surface area contributed by atoms with E-state index in [1.807, 2.05) is 12.1 Å². The third-order valence-electron chi connectivity index (χ3n) is 5.65. The highest BCUT2D eigenvalue weighted by Crippen LogP contribution is 2.29. The normalized spacial score (nSPS) is 16.1. The standard InChI is InChI=1S/C25H26N4O2/c26-22(16-24(30)29-23-7-3-5-17-4-1-2-6-21(17)23)18-8-10-19(11-9-18)25(31)28-20-12-14-27-15-13-20/h1-2,4,6,8-15,22-23H,3,5,7,16,26H2,(H,29,30)(H,27,28,31)/t22-,23-/m1/s1. The number of hydrogen-bond acceptors (Lipinski definition) is 4. The monoisotopic (exact) mass is 414 g/mol. The zero-order valence-electron chi connectivity index (χ0n) is 17.3. The van der Waals surface area contributed by atoms with Gasteiger partial charge >= 0.3 is 0 Å². The molecule has 0 unspecified atom stereocenters. The van der Waals surface area contributed by atoms with Gasteiger partial charge in [0.1, 0.15) is 0 Å². The van der Waals surface area contributed by atoms with Gasteiger partial charge in [-0.3, -0.25) is 14.6 Å². The summed E-state index contributed by atoms with van der Waals surface area (Å²) in [5.41, 5.74) is 10.8. The summed E-state index contributed by atoms with van der Waals surface area (Å²) in [6.45, 7) is 0. The predicted molar refractivity (Wildman–Crippen MR) is 120 cm³/mol. The summed E-state index contributed by atoms with van der Waals surface area (Å²) in [5.74, 6) is -0.270. The van der Waals surface area contributed by atoms with Crippen LogP contribution in [0.15, 0.2) is 73.1 Å². The molecule has 0 aliphatic heterocycles. The molecule has 0 fully saturated rings. The Bertz CT molecular complexity index is 1050. The molecule has 4 N–H and O–H groups in total. The number of rotatable bonds is 6. The summed E-state index contributed by atoms with van der Waals surface area (Å²) in [7, 11) is 0. The number of aromatic nitrogens is 1. The molecule has 0 radical (unpaired) electrons. The van der Waals surface area contributed by atoms with Gasteiger partial charge in [0.25, 0.3) is 5.91 Å². The molecule has 0 saturated carbocycles. The molecule has 4 rings (SSSR count). The molecule has 1 aliphatic rings. The number of amides is 2. The number of nitrogens with two attached hydrogens (primary N) is 1. The van der Waals surface area contributed by atoms with Crippen molar-refractivity contribution in [2.45, 2.75) is 37.8 Å². The van der Waals surface area contributed by atoms with E-state index in [-0.39, 0.29) is 24.3 Å². The van der Waals surface area contributed by atoms with E-state index >= 15 is 0 Å². The van der Waals surface area contributed by atoms with Gasteiger partial charge in [0.2, 0.25) is 5.91 Å². The SMILES string of the molecule is N[C@H](CC(=O)N[C@@H]1CCCc2ccccc21)c1ccc(C(=O)Nc2ccncc2)cc1. The van der Waals surface area contributed by atoms with Gasteiger partial charge < -0.3 is 16.4 Å². The third-order valence-corrected chi connectivity index (χ3v) is 5.65. The highest BCUT2D eigenvalue weighted by Gasteiger charge is 2.22. The van der Waals surface area contributed by atoms with E-state index in [0.717, 1.165) is 24.8 Å². The van der Waals surface area contributed by atoms with Gasteiger partial charge in [-0.1, -0.05) is 36.4 Å². The first-order valence-corrected chi connectivity index (χ1v) is 10.5. The van der Waals surface area contributed by atoms with E-state index in [2.05, 4.69) is 27.8 Å². The molecular weight excluding hydrogens is 388 g/mol. The zero-order chi connectivity index (χ0) is 21.6. The number of pyridine rings is 1. The lowest BCUT2D eigenvalue weighted by atomic mass is 9.87. The summed E-state index contributed by atoms with van der Waals surface area (Å²) in [6.07, 6.45) is 6.50. The molecule has 0 saturated heterocycles. The molecule has 6 nitrogen and oxygen atoms in total. The lowest BCUT2D eigenvalue weighted by molar-refractivity contribution is -0.122. The minimum atomic E-state index is -0.434. The Morgan fingerprint density at radius 2 is 1.77 bits per heavy atom. The summed E-state index contributed by atoms with van der Waals surface area (Å²) in [6, 6.07) is 18.4. The van der Waals surface area contributed by atoms with E-state index in [0.29, 0.717) is 11.3 Å². The van der Waals surface area contributed by atoms with Crippen LogP contribution in [0.25, 0.3) is 0 Å². The lowest BCUT2D eigenvalue weighted by Gasteiger charge is -2.27. The van der Waals surface area contributed by atoms with Crippen molar-refractivity contribution in [2.24, 2.45) is 5.73 Å². The Hall–Kier alpha value is -3.51. The van der Waals surface area contributed by atoms with Crippen molar-refractivity contribution < 1.29 is 9.59 Å². The molecule has 31 heavy (non-hydrogen) atoms. The molecule has 0 spiro atoms. The number of benzene rings is 2. The number of nitrogens with zero attached hydrogens (tertiary/aromatic N) is 1. The Morgan fingerprint density at radius 1 is 1.03 bits per heavy atom. The fourth-order valence-electron chi connectivity index (χ4n) is 3.99. The third kappa shape index (κ3) is 5.16. The largest absolute Gasteiger partial charge is 0.349 e. The van der Waals surface area contributed by atoms with Gasteiger partial charge in [0.05, 0.1) is 6.04 Å². The maximum absolute atomic E-state index is 12.6. The average Bonchev–Trinajstić information content (AvgIpc) is 2.80. The summed E-state index contributed by atoms with van der Waals surface area (Å²) in [4.78, 5) is 28.9. The smallest absolute Gasteiger partial charge is 0.255 e. The second kappa shape index (κ2) is 9.53. The Labute approximate surface area is 181 Å². The first-order valence-electron chi connectivity index (χ1n) is 10.5. The average molecular weight is 415 g/mol. The molecule has 1 aromatic heterocycles. The predicted octanol–water partition coefficient (Wildman–Crippen LogP) is 3.92. The van der Waals surface area contributed by atoms with Gasteiger partial charge in [0.15, 0.2) is 0 Å². The van der Waals surface area contributed by atoms with Crippen molar-refractivity contribution >= 4 is 17.5 Å². The summed E-state index contributed by atoms with van der Waals surface area (Å²) in [5, 5.41) is 5.96. The van der Waals surface area contributed by atoms with Crippen LogP contribution in [-0.2, 0) is 11.2 Å². The number of carbonyl (C=O) groups excluding carboxylic acids is 2. The Kier molecular flexibility index (Phi) is 6.38. The van der Waals surface area contributed by atoms with Crippen molar-refractivity contribution in [3.05, 3.63) is 95.3 Å². The topological polar surface area (TPSA) is 97.1 Å². The molecule has 2 aromatic carbocycles. The van der Waals surface area contributed by atoms with Crippen LogP contribution in [0.5, 0.6) is 0 Å². The molecule has 2 amide bonds. The van der Waals surface area contributed by atoms with Crippen molar-refractivity contribution in [3.8, 4) is 0 Å². The molecule has 2 atom stereocenters. The summed E-state index contributed by atoms with van der Waals surface area (Å²) < 4.78 is 0. The van der Waals surface area contributed by atoms with E-state index in [4.69, 9.17) is 5.73 Å². The molecule has 0 bridgehead atoms. The zero-order valence-corrected chi connectivity index (χ0v) is 17.3. The number of carbonyl (C=O) groups is 2. The number of fused-ring (bicyclic) bond motifs is 1. The van der Waals surface area contributed by atoms with Gasteiger partial charge in [-0.15, -0.1) is 0 Å². The van der Waals surface area contributed by atoms with Crippen LogP contribution >= 0.6 is 0 Å². The van der Waals surface area contributed by atoms with Crippen LogP contribution < -0.4 is 16.4 Å². The Morgan fingerprint density at radius 3 is 2.55 bits per heavy atom. The highest BCUT2D eigenvalue weighted by atomic mass is 16.2. The molecule has 6 heteroatoms. The van der Waals surface area contributed by atoms with Crippen LogP contribution in [-0.4, -0.2) is 16.8 Å². The Balaban J connectivity index is 1.34. The highest BCUT2D eigenvalue weighted by molar-refractivity contribution is 6.04. The van der Waals surface area contributed by atoms with Crippen LogP contribution in [0.1, 0.15) is 58.4 Å². The molecule has 1 aliphatic carbocycles. The van der Waals surface area contributed by atoms with Crippen molar-refractivity contribution in [3.63, 3.8) is 0 Å². The van der Waals surface area contributed by atoms with E-state index in [1.54, 1.807) is 48.8 Å². The minimum absolute atomic E-state index is 0.0453. The van der Waals surface area contributed by atoms with Crippen molar-refractivity contribution in [1.82, 2.24) is 10.3 Å².